The van der Waals surface area contributed by atoms with Crippen LogP contribution >= 0.6 is 0 Å². The molecule has 0 saturated heterocycles. The zero-order valence-electron chi connectivity index (χ0n) is 13.3. The van der Waals surface area contributed by atoms with Gasteiger partial charge in [-0.1, -0.05) is 44.2 Å². The van der Waals surface area contributed by atoms with E-state index in [0.29, 0.717) is 0 Å². The van der Waals surface area contributed by atoms with E-state index >= 15 is 0 Å². The zero-order chi connectivity index (χ0) is 15.1. The van der Waals surface area contributed by atoms with Crippen molar-refractivity contribution < 1.29 is 4.74 Å². The summed E-state index contributed by atoms with van der Waals surface area (Å²) in [6.07, 6.45) is 2.09. The van der Waals surface area contributed by atoms with E-state index in [1.54, 1.807) is 0 Å². The van der Waals surface area contributed by atoms with Gasteiger partial charge in [-0.15, -0.1) is 0 Å². The Balaban J connectivity index is 2.00. The normalized spacial score (nSPS) is 10.4. The van der Waals surface area contributed by atoms with E-state index in [1.807, 2.05) is 12.1 Å². The van der Waals surface area contributed by atoms with Crippen LogP contribution in [0.25, 0.3) is 0 Å². The predicted octanol–water partition coefficient (Wildman–Crippen LogP) is 4.96. The van der Waals surface area contributed by atoms with Crippen LogP contribution in [0.3, 0.4) is 0 Å². The van der Waals surface area contributed by atoms with Gasteiger partial charge >= 0.3 is 0 Å². The maximum Gasteiger partial charge on any atom is 0.119 e. The highest BCUT2D eigenvalue weighted by atomic mass is 16.5. The summed E-state index contributed by atoms with van der Waals surface area (Å²) in [4.78, 5) is 0. The highest BCUT2D eigenvalue weighted by molar-refractivity contribution is 5.57. The summed E-state index contributed by atoms with van der Waals surface area (Å²) < 4.78 is 5.61. The Morgan fingerprint density at radius 2 is 1.76 bits per heavy atom. The molecule has 0 aliphatic rings. The van der Waals surface area contributed by atoms with E-state index in [4.69, 9.17) is 4.74 Å². The van der Waals surface area contributed by atoms with Gasteiger partial charge in [0.2, 0.25) is 0 Å². The number of hydrogen-bond donors (Lipinski definition) is 1. The molecule has 2 heteroatoms. The summed E-state index contributed by atoms with van der Waals surface area (Å²) in [6.45, 7) is 8.08. The third kappa shape index (κ3) is 4.25. The molecule has 0 radical (unpaired) electrons. The fourth-order valence-electron chi connectivity index (χ4n) is 2.39. The van der Waals surface area contributed by atoms with Crippen molar-refractivity contribution in [3.8, 4) is 5.75 Å². The molecule has 2 aromatic carbocycles. The Hall–Kier alpha value is -1.96. The fraction of sp³-hybridized carbons (Fsp3) is 0.368. The Labute approximate surface area is 128 Å². The summed E-state index contributed by atoms with van der Waals surface area (Å²) in [5, 5.41) is 3.57. The minimum atomic E-state index is 0.778. The van der Waals surface area contributed by atoms with Crippen LogP contribution in [-0.2, 0) is 13.0 Å². The number of aryl methyl sites for hydroxylation is 2. The molecule has 0 atom stereocenters. The average Bonchev–Trinajstić information content (AvgIpc) is 2.52. The second-order valence-corrected chi connectivity index (χ2v) is 5.31. The number of nitrogens with one attached hydrogen (secondary N) is 1. The molecule has 21 heavy (non-hydrogen) atoms. The quantitative estimate of drug-likeness (QED) is 0.775. The molecule has 0 fully saturated rings. The van der Waals surface area contributed by atoms with Crippen molar-refractivity contribution in [3.63, 3.8) is 0 Å². The molecule has 0 unspecified atom stereocenters. The minimum absolute atomic E-state index is 0.778. The first-order chi connectivity index (χ1) is 10.2. The Morgan fingerprint density at radius 1 is 1.00 bits per heavy atom. The van der Waals surface area contributed by atoms with Gasteiger partial charge in [-0.05, 0) is 48.6 Å². The molecule has 0 saturated carbocycles. The number of anilines is 1. The summed E-state index contributed by atoms with van der Waals surface area (Å²) in [5.41, 5.74) is 5.21. The third-order valence-corrected chi connectivity index (χ3v) is 3.61. The van der Waals surface area contributed by atoms with Crippen molar-refractivity contribution in [2.24, 2.45) is 0 Å². The third-order valence-electron chi connectivity index (χ3n) is 3.61. The summed E-state index contributed by atoms with van der Waals surface area (Å²) in [7, 11) is 0. The van der Waals surface area contributed by atoms with E-state index < -0.39 is 0 Å². The first kappa shape index (κ1) is 15.4. The summed E-state index contributed by atoms with van der Waals surface area (Å²) >= 11 is 0. The molecule has 112 valence electrons. The van der Waals surface area contributed by atoms with Crippen LogP contribution in [0, 0.1) is 6.92 Å². The lowest BCUT2D eigenvalue weighted by molar-refractivity contribution is 0.317. The first-order valence-electron chi connectivity index (χ1n) is 7.78. The number of benzene rings is 2. The van der Waals surface area contributed by atoms with Crippen LogP contribution in [-0.4, -0.2) is 6.61 Å². The maximum atomic E-state index is 5.61. The summed E-state index contributed by atoms with van der Waals surface area (Å²) in [6, 6.07) is 14.8. The zero-order valence-corrected chi connectivity index (χ0v) is 13.3. The van der Waals surface area contributed by atoms with Crippen LogP contribution in [0.5, 0.6) is 5.75 Å². The lowest BCUT2D eigenvalue weighted by atomic mass is 10.1. The Kier molecular flexibility index (Phi) is 5.68. The molecule has 1 N–H and O–H groups in total. The van der Waals surface area contributed by atoms with Crippen LogP contribution in [0.1, 0.15) is 37.0 Å². The molecule has 0 spiro atoms. The maximum absolute atomic E-state index is 5.61. The van der Waals surface area contributed by atoms with E-state index in [0.717, 1.165) is 31.7 Å². The van der Waals surface area contributed by atoms with E-state index in [9.17, 15) is 0 Å². The lowest BCUT2D eigenvalue weighted by Gasteiger charge is -2.14. The molecule has 0 aromatic heterocycles. The Bertz CT molecular complexity index is 560. The van der Waals surface area contributed by atoms with Gasteiger partial charge in [-0.3, -0.25) is 0 Å². The lowest BCUT2D eigenvalue weighted by Crippen LogP contribution is -2.04. The van der Waals surface area contributed by atoms with E-state index in [1.165, 1.54) is 22.4 Å². The number of rotatable bonds is 7. The fourth-order valence-corrected chi connectivity index (χ4v) is 2.39. The van der Waals surface area contributed by atoms with Gasteiger partial charge in [0.1, 0.15) is 5.75 Å². The SMILES string of the molecule is CCCOc1ccc(CNc2c(C)cccc2CC)cc1. The van der Waals surface area contributed by atoms with Gasteiger partial charge in [0.15, 0.2) is 0 Å². The number of ether oxygens (including phenoxy) is 1. The van der Waals surface area contributed by atoms with Gasteiger partial charge in [0, 0.05) is 12.2 Å². The highest BCUT2D eigenvalue weighted by Crippen LogP contribution is 2.22. The topological polar surface area (TPSA) is 21.3 Å². The second kappa shape index (κ2) is 7.72. The van der Waals surface area contributed by atoms with E-state index in [2.05, 4.69) is 56.4 Å². The Morgan fingerprint density at radius 3 is 2.43 bits per heavy atom. The highest BCUT2D eigenvalue weighted by Gasteiger charge is 2.03. The smallest absolute Gasteiger partial charge is 0.119 e. The van der Waals surface area contributed by atoms with E-state index in [-0.39, 0.29) is 0 Å². The largest absolute Gasteiger partial charge is 0.494 e. The van der Waals surface area contributed by atoms with Gasteiger partial charge < -0.3 is 10.1 Å². The monoisotopic (exact) mass is 283 g/mol. The molecule has 0 aliphatic heterocycles. The van der Waals surface area contributed by atoms with Crippen LogP contribution in [0.2, 0.25) is 0 Å². The van der Waals surface area contributed by atoms with Gasteiger partial charge in [-0.2, -0.15) is 0 Å². The van der Waals surface area contributed by atoms with Crippen molar-refractivity contribution in [1.29, 1.82) is 0 Å². The number of hydrogen-bond acceptors (Lipinski definition) is 2. The van der Waals surface area contributed by atoms with Crippen LogP contribution in [0.15, 0.2) is 42.5 Å². The molecular weight excluding hydrogens is 258 g/mol. The standard InChI is InChI=1S/C19H25NO/c1-4-13-21-18-11-9-16(10-12-18)14-20-19-15(3)7-6-8-17(19)5-2/h6-12,20H,4-5,13-14H2,1-3H3. The molecule has 0 amide bonds. The number of para-hydroxylation sites is 1. The van der Waals surface area contributed by atoms with Gasteiger partial charge in [-0.25, -0.2) is 0 Å². The molecule has 2 aromatic rings. The predicted molar refractivity (Wildman–Crippen MR) is 90.1 cm³/mol. The van der Waals surface area contributed by atoms with Crippen molar-refractivity contribution in [1.82, 2.24) is 0 Å². The molecule has 0 bridgehead atoms. The van der Waals surface area contributed by atoms with Gasteiger partial charge in [0.25, 0.3) is 0 Å². The van der Waals surface area contributed by atoms with Gasteiger partial charge in [0.05, 0.1) is 6.61 Å². The van der Waals surface area contributed by atoms with Crippen LogP contribution < -0.4 is 10.1 Å². The summed E-state index contributed by atoms with van der Waals surface area (Å²) in [5.74, 6) is 0.950. The molecule has 0 aliphatic carbocycles. The molecule has 2 rings (SSSR count). The van der Waals surface area contributed by atoms with Crippen molar-refractivity contribution in [3.05, 3.63) is 59.2 Å². The molecule has 2 nitrogen and oxygen atoms in total. The van der Waals surface area contributed by atoms with Crippen molar-refractivity contribution in [2.75, 3.05) is 11.9 Å². The first-order valence-corrected chi connectivity index (χ1v) is 7.78. The molecular formula is C19H25NO. The molecule has 0 heterocycles. The average molecular weight is 283 g/mol. The van der Waals surface area contributed by atoms with Crippen molar-refractivity contribution >= 4 is 5.69 Å². The van der Waals surface area contributed by atoms with Crippen LogP contribution in [0.4, 0.5) is 5.69 Å². The minimum Gasteiger partial charge on any atom is -0.494 e. The second-order valence-electron chi connectivity index (χ2n) is 5.31. The van der Waals surface area contributed by atoms with Crippen molar-refractivity contribution in [2.45, 2.75) is 40.2 Å².